The highest BCUT2D eigenvalue weighted by Gasteiger charge is 2.20. The van der Waals surface area contributed by atoms with Gasteiger partial charge >= 0.3 is 0 Å². The number of aromatic nitrogens is 1. The third-order valence-corrected chi connectivity index (χ3v) is 1.46. The Morgan fingerprint density at radius 2 is 2.36 bits per heavy atom. The van der Waals surface area contributed by atoms with E-state index in [1.165, 1.54) is 0 Å². The van der Waals surface area contributed by atoms with E-state index in [0.29, 0.717) is 12.0 Å². The first-order chi connectivity index (χ1) is 5.17. The molecule has 0 aromatic carbocycles. The third kappa shape index (κ3) is 1.62. The van der Waals surface area contributed by atoms with E-state index in [-0.39, 0.29) is 0 Å². The molecule has 0 aliphatic carbocycles. The van der Waals surface area contributed by atoms with Crippen molar-refractivity contribution >= 4 is 6.29 Å². The molecule has 0 fully saturated rings. The molecule has 11 heavy (non-hydrogen) atoms. The van der Waals surface area contributed by atoms with Crippen molar-refractivity contribution in [1.29, 1.82) is 0 Å². The number of hydrogen-bond donors (Lipinski definition) is 1. The first-order valence-corrected chi connectivity index (χ1v) is 3.33. The lowest BCUT2D eigenvalue weighted by molar-refractivity contribution is -0.112. The average molecular weight is 150 g/mol. The molecule has 1 aromatic rings. The number of nitrogens with two attached hydrogens (primary N) is 1. The van der Waals surface area contributed by atoms with Crippen molar-refractivity contribution in [2.75, 3.05) is 0 Å². The first kappa shape index (κ1) is 7.88. The highest BCUT2D eigenvalue weighted by Crippen LogP contribution is 2.10. The molecule has 0 unspecified atom stereocenters. The Morgan fingerprint density at radius 1 is 1.64 bits per heavy atom. The number of aldehydes is 1. The topological polar surface area (TPSA) is 56.0 Å². The predicted octanol–water partition coefficient (Wildman–Crippen LogP) is 0.454. The van der Waals surface area contributed by atoms with Crippen molar-refractivity contribution in [3.05, 3.63) is 30.1 Å². The van der Waals surface area contributed by atoms with Gasteiger partial charge in [0, 0.05) is 6.20 Å². The number of hydrogen-bond acceptors (Lipinski definition) is 3. The fourth-order valence-electron chi connectivity index (χ4n) is 0.742. The summed E-state index contributed by atoms with van der Waals surface area (Å²) in [7, 11) is 0. The largest absolute Gasteiger partial charge is 0.314 e. The van der Waals surface area contributed by atoms with Gasteiger partial charge in [-0.25, -0.2) is 0 Å². The summed E-state index contributed by atoms with van der Waals surface area (Å²) in [5, 5.41) is 0. The molecular formula is C8H10N2O. The minimum Gasteiger partial charge on any atom is -0.314 e. The predicted molar refractivity (Wildman–Crippen MR) is 41.8 cm³/mol. The standard InChI is InChI=1S/C8H10N2O/c1-8(9,6-11)7-4-2-3-5-10-7/h2-6H,9H2,1H3/t8-/m0/s1. The molecule has 1 atom stereocenters. The van der Waals surface area contributed by atoms with Crippen LogP contribution in [-0.4, -0.2) is 11.3 Å². The zero-order valence-electron chi connectivity index (χ0n) is 6.32. The first-order valence-electron chi connectivity index (χ1n) is 3.33. The number of carbonyl (C=O) groups is 1. The lowest BCUT2D eigenvalue weighted by atomic mass is 10.0. The highest BCUT2D eigenvalue weighted by atomic mass is 16.1. The van der Waals surface area contributed by atoms with Crippen LogP contribution in [0.2, 0.25) is 0 Å². The van der Waals surface area contributed by atoms with Gasteiger partial charge in [0.05, 0.1) is 5.69 Å². The van der Waals surface area contributed by atoms with E-state index in [1.807, 2.05) is 0 Å². The molecule has 3 nitrogen and oxygen atoms in total. The SMILES string of the molecule is C[C@](N)(C=O)c1ccccn1. The number of pyridine rings is 1. The number of rotatable bonds is 2. The van der Waals surface area contributed by atoms with Crippen LogP contribution >= 0.6 is 0 Å². The second kappa shape index (κ2) is 2.80. The molecule has 1 heterocycles. The van der Waals surface area contributed by atoms with Gasteiger partial charge in [0.2, 0.25) is 0 Å². The molecule has 0 saturated heterocycles. The quantitative estimate of drug-likeness (QED) is 0.623. The maximum atomic E-state index is 10.5. The molecule has 1 rings (SSSR count). The summed E-state index contributed by atoms with van der Waals surface area (Å²) < 4.78 is 0. The van der Waals surface area contributed by atoms with Gasteiger partial charge in [-0.1, -0.05) is 6.07 Å². The van der Waals surface area contributed by atoms with Gasteiger partial charge in [-0.2, -0.15) is 0 Å². The van der Waals surface area contributed by atoms with Crippen LogP contribution in [0.25, 0.3) is 0 Å². The Hall–Kier alpha value is -1.22. The molecule has 0 saturated carbocycles. The maximum absolute atomic E-state index is 10.5. The minimum atomic E-state index is -0.957. The molecular weight excluding hydrogens is 140 g/mol. The Labute approximate surface area is 65.2 Å². The van der Waals surface area contributed by atoms with E-state index in [1.54, 1.807) is 31.3 Å². The normalized spacial score (nSPS) is 15.5. The van der Waals surface area contributed by atoms with E-state index < -0.39 is 5.54 Å². The van der Waals surface area contributed by atoms with Crippen LogP contribution in [0.15, 0.2) is 24.4 Å². The van der Waals surface area contributed by atoms with Crippen LogP contribution in [-0.2, 0) is 10.3 Å². The molecule has 0 aliphatic heterocycles. The average Bonchev–Trinajstić information content (AvgIpc) is 2.06. The Bertz CT molecular complexity index is 244. The smallest absolute Gasteiger partial charge is 0.145 e. The number of nitrogens with zero attached hydrogens (tertiary/aromatic N) is 1. The second-order valence-electron chi connectivity index (χ2n) is 2.62. The lowest BCUT2D eigenvalue weighted by Gasteiger charge is -2.14. The summed E-state index contributed by atoms with van der Waals surface area (Å²) in [6.45, 7) is 1.63. The summed E-state index contributed by atoms with van der Waals surface area (Å²) in [6.07, 6.45) is 2.30. The molecule has 0 spiro atoms. The zero-order valence-corrected chi connectivity index (χ0v) is 6.32. The van der Waals surface area contributed by atoms with Crippen molar-refractivity contribution in [2.45, 2.75) is 12.5 Å². The molecule has 0 amide bonds. The van der Waals surface area contributed by atoms with Gasteiger partial charge in [-0.3, -0.25) is 4.98 Å². The summed E-state index contributed by atoms with van der Waals surface area (Å²) in [6, 6.07) is 5.32. The monoisotopic (exact) mass is 150 g/mol. The Kier molecular flexibility index (Phi) is 2.01. The van der Waals surface area contributed by atoms with E-state index in [4.69, 9.17) is 5.73 Å². The minimum absolute atomic E-state index is 0.593. The van der Waals surface area contributed by atoms with Gasteiger partial charge in [-0.15, -0.1) is 0 Å². The molecule has 0 aliphatic rings. The van der Waals surface area contributed by atoms with E-state index >= 15 is 0 Å². The van der Waals surface area contributed by atoms with Crippen LogP contribution in [0, 0.1) is 0 Å². The van der Waals surface area contributed by atoms with E-state index in [0.717, 1.165) is 0 Å². The van der Waals surface area contributed by atoms with Crippen molar-refractivity contribution in [3.63, 3.8) is 0 Å². The molecule has 3 heteroatoms. The molecule has 0 radical (unpaired) electrons. The van der Waals surface area contributed by atoms with Crippen molar-refractivity contribution in [2.24, 2.45) is 5.73 Å². The van der Waals surface area contributed by atoms with Gasteiger partial charge in [0.15, 0.2) is 0 Å². The fourth-order valence-corrected chi connectivity index (χ4v) is 0.742. The lowest BCUT2D eigenvalue weighted by Crippen LogP contribution is -2.35. The summed E-state index contributed by atoms with van der Waals surface area (Å²) in [5.41, 5.74) is 5.24. The third-order valence-electron chi connectivity index (χ3n) is 1.46. The summed E-state index contributed by atoms with van der Waals surface area (Å²) in [4.78, 5) is 14.4. The molecule has 0 bridgehead atoms. The maximum Gasteiger partial charge on any atom is 0.145 e. The Balaban J connectivity index is 3.02. The van der Waals surface area contributed by atoms with Gasteiger partial charge in [-0.05, 0) is 19.1 Å². The Morgan fingerprint density at radius 3 is 2.82 bits per heavy atom. The van der Waals surface area contributed by atoms with Crippen molar-refractivity contribution in [3.8, 4) is 0 Å². The fraction of sp³-hybridized carbons (Fsp3) is 0.250. The van der Waals surface area contributed by atoms with E-state index in [2.05, 4.69) is 4.98 Å². The second-order valence-corrected chi connectivity index (χ2v) is 2.62. The molecule has 58 valence electrons. The van der Waals surface area contributed by atoms with Crippen molar-refractivity contribution < 1.29 is 4.79 Å². The molecule has 2 N–H and O–H groups in total. The molecule has 1 aromatic heterocycles. The van der Waals surface area contributed by atoms with Crippen LogP contribution in [0.3, 0.4) is 0 Å². The van der Waals surface area contributed by atoms with Crippen LogP contribution in [0.5, 0.6) is 0 Å². The number of carbonyl (C=O) groups excluding carboxylic acids is 1. The zero-order chi connectivity index (χ0) is 8.32. The van der Waals surface area contributed by atoms with Crippen molar-refractivity contribution in [1.82, 2.24) is 4.98 Å². The van der Waals surface area contributed by atoms with Gasteiger partial charge < -0.3 is 10.5 Å². The van der Waals surface area contributed by atoms with Gasteiger partial charge in [0.25, 0.3) is 0 Å². The van der Waals surface area contributed by atoms with Crippen LogP contribution < -0.4 is 5.73 Å². The van der Waals surface area contributed by atoms with Crippen LogP contribution in [0.4, 0.5) is 0 Å². The highest BCUT2D eigenvalue weighted by molar-refractivity contribution is 5.65. The van der Waals surface area contributed by atoms with E-state index in [9.17, 15) is 4.79 Å². The summed E-state index contributed by atoms with van der Waals surface area (Å²) >= 11 is 0. The van der Waals surface area contributed by atoms with Crippen LogP contribution in [0.1, 0.15) is 12.6 Å². The van der Waals surface area contributed by atoms with Gasteiger partial charge in [0.1, 0.15) is 11.8 Å². The summed E-state index contributed by atoms with van der Waals surface area (Å²) in [5.74, 6) is 0.